The van der Waals surface area contributed by atoms with Crippen molar-refractivity contribution in [1.82, 2.24) is 0 Å². The number of ether oxygens (including phenoxy) is 2. The molecule has 0 aromatic heterocycles. The molecule has 2 rings (SSSR count). The van der Waals surface area contributed by atoms with Gasteiger partial charge in [-0.1, -0.05) is 24.3 Å². The summed E-state index contributed by atoms with van der Waals surface area (Å²) in [5.74, 6) is 0.526. The molecule has 88 valence electrons. The molecule has 3 nitrogen and oxygen atoms in total. The van der Waals surface area contributed by atoms with Gasteiger partial charge in [-0.05, 0) is 28.5 Å². The second kappa shape index (κ2) is 4.87. The monoisotopic (exact) mass is 230 g/mol. The van der Waals surface area contributed by atoms with Crippen molar-refractivity contribution in [2.45, 2.75) is 13.5 Å². The average Bonchev–Trinajstić information content (AvgIpc) is 2.35. The van der Waals surface area contributed by atoms with Crippen molar-refractivity contribution >= 4 is 16.7 Å². The van der Waals surface area contributed by atoms with E-state index < -0.39 is 0 Å². The van der Waals surface area contributed by atoms with Crippen LogP contribution in [0, 0.1) is 0 Å². The summed E-state index contributed by atoms with van der Waals surface area (Å²) >= 11 is 0. The van der Waals surface area contributed by atoms with E-state index >= 15 is 0 Å². The Morgan fingerprint density at radius 2 is 2.06 bits per heavy atom. The number of rotatable bonds is 3. The minimum atomic E-state index is -0.273. The van der Waals surface area contributed by atoms with E-state index in [4.69, 9.17) is 9.47 Å². The van der Waals surface area contributed by atoms with Crippen molar-refractivity contribution in [2.75, 3.05) is 7.11 Å². The van der Waals surface area contributed by atoms with Gasteiger partial charge in [0.15, 0.2) is 0 Å². The average molecular weight is 230 g/mol. The van der Waals surface area contributed by atoms with E-state index in [0.717, 1.165) is 22.1 Å². The number of fused-ring (bicyclic) bond motifs is 1. The summed E-state index contributed by atoms with van der Waals surface area (Å²) in [6, 6.07) is 11.8. The van der Waals surface area contributed by atoms with Gasteiger partial charge < -0.3 is 9.47 Å². The fourth-order valence-corrected chi connectivity index (χ4v) is 1.75. The normalized spacial score (nSPS) is 10.2. The molecule has 0 saturated carbocycles. The van der Waals surface area contributed by atoms with Gasteiger partial charge in [-0.2, -0.15) is 0 Å². The second-order valence-electron chi connectivity index (χ2n) is 3.78. The van der Waals surface area contributed by atoms with E-state index in [1.807, 2.05) is 36.4 Å². The lowest BCUT2D eigenvalue weighted by molar-refractivity contribution is -0.142. The van der Waals surface area contributed by atoms with E-state index in [1.54, 1.807) is 7.11 Å². The first-order valence-corrected chi connectivity index (χ1v) is 5.39. The van der Waals surface area contributed by atoms with E-state index in [0.29, 0.717) is 6.61 Å². The maximum absolute atomic E-state index is 10.8. The lowest BCUT2D eigenvalue weighted by Gasteiger charge is -2.08. The van der Waals surface area contributed by atoms with Gasteiger partial charge in [0.1, 0.15) is 12.4 Å². The fraction of sp³-hybridized carbons (Fsp3) is 0.214. The Morgan fingerprint density at radius 3 is 2.76 bits per heavy atom. The van der Waals surface area contributed by atoms with Gasteiger partial charge in [0, 0.05) is 6.92 Å². The van der Waals surface area contributed by atoms with Crippen molar-refractivity contribution < 1.29 is 14.3 Å². The summed E-state index contributed by atoms with van der Waals surface area (Å²) in [5, 5.41) is 2.16. The topological polar surface area (TPSA) is 35.5 Å². The maximum Gasteiger partial charge on any atom is 0.302 e. The van der Waals surface area contributed by atoms with E-state index in [1.165, 1.54) is 6.92 Å². The van der Waals surface area contributed by atoms with Crippen LogP contribution in [0.5, 0.6) is 5.75 Å². The molecule has 0 spiro atoms. The largest absolute Gasteiger partial charge is 0.497 e. The smallest absolute Gasteiger partial charge is 0.302 e. The lowest BCUT2D eigenvalue weighted by Crippen LogP contribution is -1.99. The third-order valence-corrected chi connectivity index (χ3v) is 2.61. The van der Waals surface area contributed by atoms with Gasteiger partial charge in [0.25, 0.3) is 0 Å². The van der Waals surface area contributed by atoms with Crippen LogP contribution in [0.1, 0.15) is 12.5 Å². The molecule has 0 amide bonds. The Bertz CT molecular complexity index is 546. The summed E-state index contributed by atoms with van der Waals surface area (Å²) in [7, 11) is 1.63. The quantitative estimate of drug-likeness (QED) is 0.760. The molecule has 0 heterocycles. The molecule has 2 aromatic rings. The molecule has 0 fully saturated rings. The summed E-state index contributed by atoms with van der Waals surface area (Å²) in [4.78, 5) is 10.8. The molecular weight excluding hydrogens is 216 g/mol. The SMILES string of the molecule is COc1ccc2cccc(COC(C)=O)c2c1. The Hall–Kier alpha value is -2.03. The van der Waals surface area contributed by atoms with Crippen LogP contribution >= 0.6 is 0 Å². The van der Waals surface area contributed by atoms with Crippen LogP contribution in [0.2, 0.25) is 0 Å². The highest BCUT2D eigenvalue weighted by atomic mass is 16.5. The Balaban J connectivity index is 2.43. The van der Waals surface area contributed by atoms with Crippen molar-refractivity contribution in [3.63, 3.8) is 0 Å². The number of carbonyl (C=O) groups excluding carboxylic acids is 1. The number of methoxy groups -OCH3 is 1. The molecule has 17 heavy (non-hydrogen) atoms. The first-order chi connectivity index (χ1) is 8.20. The summed E-state index contributed by atoms with van der Waals surface area (Å²) < 4.78 is 10.2. The van der Waals surface area contributed by atoms with Crippen molar-refractivity contribution in [2.24, 2.45) is 0 Å². The molecule has 2 aromatic carbocycles. The molecule has 0 aliphatic rings. The molecule has 0 saturated heterocycles. The summed E-state index contributed by atoms with van der Waals surface area (Å²) in [5.41, 5.74) is 0.983. The zero-order valence-electron chi connectivity index (χ0n) is 9.90. The highest BCUT2D eigenvalue weighted by Gasteiger charge is 2.04. The third kappa shape index (κ3) is 2.56. The van der Waals surface area contributed by atoms with Gasteiger partial charge in [-0.15, -0.1) is 0 Å². The predicted molar refractivity (Wildman–Crippen MR) is 66.0 cm³/mol. The molecule has 0 bridgehead atoms. The van der Waals surface area contributed by atoms with Gasteiger partial charge in [0.2, 0.25) is 0 Å². The Kier molecular flexibility index (Phi) is 3.28. The molecule has 0 aliphatic heterocycles. The molecule has 0 atom stereocenters. The van der Waals surface area contributed by atoms with E-state index in [2.05, 4.69) is 0 Å². The van der Waals surface area contributed by atoms with E-state index in [-0.39, 0.29) is 5.97 Å². The predicted octanol–water partition coefficient (Wildman–Crippen LogP) is 2.91. The number of hydrogen-bond acceptors (Lipinski definition) is 3. The molecule has 0 unspecified atom stereocenters. The third-order valence-electron chi connectivity index (χ3n) is 2.61. The minimum absolute atomic E-state index is 0.273. The van der Waals surface area contributed by atoms with Gasteiger partial charge in [-0.25, -0.2) is 0 Å². The van der Waals surface area contributed by atoms with Crippen LogP contribution < -0.4 is 4.74 Å². The molecular formula is C14H14O3. The van der Waals surface area contributed by atoms with Crippen LogP contribution in [0.15, 0.2) is 36.4 Å². The number of benzene rings is 2. The Labute approximate surface area is 100.0 Å². The lowest BCUT2D eigenvalue weighted by atomic mass is 10.0. The highest BCUT2D eigenvalue weighted by molar-refractivity contribution is 5.87. The van der Waals surface area contributed by atoms with Crippen LogP contribution in [0.3, 0.4) is 0 Å². The number of hydrogen-bond donors (Lipinski definition) is 0. The number of esters is 1. The van der Waals surface area contributed by atoms with Gasteiger partial charge in [-0.3, -0.25) is 4.79 Å². The molecule has 0 N–H and O–H groups in total. The van der Waals surface area contributed by atoms with Crippen molar-refractivity contribution in [3.05, 3.63) is 42.0 Å². The summed E-state index contributed by atoms with van der Waals surface area (Å²) in [6.07, 6.45) is 0. The fourth-order valence-electron chi connectivity index (χ4n) is 1.75. The standard InChI is InChI=1S/C14H14O3/c1-10(15)17-9-12-5-3-4-11-6-7-13(16-2)8-14(11)12/h3-8H,9H2,1-2H3. The first-order valence-electron chi connectivity index (χ1n) is 5.39. The number of carbonyl (C=O) groups is 1. The Morgan fingerprint density at radius 1 is 1.24 bits per heavy atom. The molecule has 0 aliphatic carbocycles. The zero-order chi connectivity index (χ0) is 12.3. The maximum atomic E-state index is 10.8. The van der Waals surface area contributed by atoms with Crippen molar-refractivity contribution in [3.8, 4) is 5.75 Å². The van der Waals surface area contributed by atoms with Crippen LogP contribution in [-0.4, -0.2) is 13.1 Å². The first kappa shape index (κ1) is 11.5. The highest BCUT2D eigenvalue weighted by Crippen LogP contribution is 2.24. The van der Waals surface area contributed by atoms with Crippen molar-refractivity contribution in [1.29, 1.82) is 0 Å². The molecule has 3 heteroatoms. The minimum Gasteiger partial charge on any atom is -0.497 e. The van der Waals surface area contributed by atoms with Gasteiger partial charge >= 0.3 is 5.97 Å². The summed E-state index contributed by atoms with van der Waals surface area (Å²) in [6.45, 7) is 1.70. The zero-order valence-corrected chi connectivity index (χ0v) is 9.90. The molecule has 0 radical (unpaired) electrons. The van der Waals surface area contributed by atoms with Crippen LogP contribution in [0.4, 0.5) is 0 Å². The second-order valence-corrected chi connectivity index (χ2v) is 3.78. The van der Waals surface area contributed by atoms with E-state index in [9.17, 15) is 4.79 Å². The van der Waals surface area contributed by atoms with Crippen LogP contribution in [-0.2, 0) is 16.1 Å². The van der Waals surface area contributed by atoms with Crippen LogP contribution in [0.25, 0.3) is 10.8 Å². The van der Waals surface area contributed by atoms with Gasteiger partial charge in [0.05, 0.1) is 7.11 Å².